The predicted molar refractivity (Wildman–Crippen MR) is 173 cm³/mol. The molecule has 3 N–H and O–H groups in total. The maximum absolute atomic E-state index is 4.46. The highest BCUT2D eigenvalue weighted by atomic mass is 15.1. The summed E-state index contributed by atoms with van der Waals surface area (Å²) in [5.41, 5.74) is 5.43. The van der Waals surface area contributed by atoms with Crippen LogP contribution in [-0.2, 0) is 0 Å². The van der Waals surface area contributed by atoms with Gasteiger partial charge in [0.2, 0.25) is 0 Å². The highest BCUT2D eigenvalue weighted by Crippen LogP contribution is 2.30. The molecule has 0 fully saturated rings. The van der Waals surface area contributed by atoms with Gasteiger partial charge in [-0.2, -0.15) is 0 Å². The third kappa shape index (κ3) is 16.6. The molecule has 0 bridgehead atoms. The average Bonchev–Trinajstić information content (AvgIpc) is 2.90. The summed E-state index contributed by atoms with van der Waals surface area (Å²) >= 11 is 0. The lowest BCUT2D eigenvalue weighted by Crippen LogP contribution is -2.44. The van der Waals surface area contributed by atoms with Crippen molar-refractivity contribution in [3.63, 3.8) is 0 Å². The van der Waals surface area contributed by atoms with E-state index in [-0.39, 0.29) is 11.0 Å². The van der Waals surface area contributed by atoms with Crippen LogP contribution in [0.2, 0.25) is 0 Å². The van der Waals surface area contributed by atoms with E-state index in [1.807, 2.05) is 0 Å². The van der Waals surface area contributed by atoms with Crippen LogP contribution in [0.15, 0.2) is 48.7 Å². The molecule has 4 heteroatoms. The molecule has 0 rings (SSSR count). The second kappa shape index (κ2) is 20.5. The number of nitrogens with zero attached hydrogens (tertiary/aromatic N) is 1. The van der Waals surface area contributed by atoms with Crippen LogP contribution in [0.1, 0.15) is 112 Å². The van der Waals surface area contributed by atoms with Gasteiger partial charge in [-0.15, -0.1) is 0 Å². The number of rotatable bonds is 26. The monoisotopic (exact) mass is 531 g/mol. The molecule has 4 nitrogen and oxygen atoms in total. The van der Waals surface area contributed by atoms with E-state index in [1.165, 1.54) is 42.4 Å². The van der Waals surface area contributed by atoms with Gasteiger partial charge in [-0.3, -0.25) is 0 Å². The minimum Gasteiger partial charge on any atom is -0.389 e. The normalized spacial score (nSPS) is 13.4. The van der Waals surface area contributed by atoms with E-state index in [1.54, 1.807) is 0 Å². The fourth-order valence-electron chi connectivity index (χ4n) is 4.25. The molecule has 0 saturated heterocycles. The SMILES string of the molecule is C=C(CC)CCN(C)CCC(=C)C(C)(CC)NCCCCCCNC(=C)CCNCCC(=C)C(C)(C)CC. The maximum atomic E-state index is 4.46. The van der Waals surface area contributed by atoms with Crippen molar-refractivity contribution in [1.82, 2.24) is 20.9 Å². The van der Waals surface area contributed by atoms with Crippen molar-refractivity contribution < 1.29 is 0 Å². The molecule has 1 unspecified atom stereocenters. The molecule has 0 amide bonds. The molecule has 0 aliphatic heterocycles. The van der Waals surface area contributed by atoms with E-state index >= 15 is 0 Å². The molecule has 0 spiro atoms. The standard InChI is InChI=1S/C34H66N4/c1-12-29(4)21-27-38(11)28-22-31(6)34(10,14-3)37-24-18-16-15-17-23-36-32(7)20-26-35-25-19-30(5)33(8,9)13-2/h35-37H,4-7,12-28H2,1-3,8-11H3. The van der Waals surface area contributed by atoms with Crippen molar-refractivity contribution in [3.8, 4) is 0 Å². The van der Waals surface area contributed by atoms with Crippen molar-refractivity contribution in [2.75, 3.05) is 46.3 Å². The van der Waals surface area contributed by atoms with Gasteiger partial charge < -0.3 is 20.9 Å². The molecular formula is C34H66N4. The molecular weight excluding hydrogens is 464 g/mol. The first kappa shape index (κ1) is 36.6. The topological polar surface area (TPSA) is 39.3 Å². The first-order chi connectivity index (χ1) is 17.9. The van der Waals surface area contributed by atoms with E-state index in [9.17, 15) is 0 Å². The summed E-state index contributed by atoms with van der Waals surface area (Å²) in [4.78, 5) is 2.41. The second-order valence-corrected chi connectivity index (χ2v) is 12.2. The largest absolute Gasteiger partial charge is 0.389 e. The van der Waals surface area contributed by atoms with E-state index < -0.39 is 0 Å². The van der Waals surface area contributed by atoms with Crippen molar-refractivity contribution in [1.29, 1.82) is 0 Å². The molecule has 1 atom stereocenters. The molecule has 0 radical (unpaired) electrons. The van der Waals surface area contributed by atoms with E-state index in [4.69, 9.17) is 0 Å². The van der Waals surface area contributed by atoms with Gasteiger partial charge in [0, 0.05) is 37.4 Å². The van der Waals surface area contributed by atoms with Crippen LogP contribution in [0.25, 0.3) is 0 Å². The Morgan fingerprint density at radius 1 is 0.684 bits per heavy atom. The minimum absolute atomic E-state index is 0.0284. The van der Waals surface area contributed by atoms with Gasteiger partial charge in [0.15, 0.2) is 0 Å². The van der Waals surface area contributed by atoms with Crippen LogP contribution in [-0.4, -0.2) is 56.8 Å². The third-order valence-electron chi connectivity index (χ3n) is 8.67. The summed E-state index contributed by atoms with van der Waals surface area (Å²) in [5, 5.41) is 10.9. The summed E-state index contributed by atoms with van der Waals surface area (Å²) in [6, 6.07) is 0. The Morgan fingerprint density at radius 2 is 1.29 bits per heavy atom. The first-order valence-electron chi connectivity index (χ1n) is 15.5. The molecule has 0 aliphatic rings. The van der Waals surface area contributed by atoms with Crippen molar-refractivity contribution in [2.45, 2.75) is 118 Å². The fourth-order valence-corrected chi connectivity index (χ4v) is 4.25. The lowest BCUT2D eigenvalue weighted by atomic mass is 9.81. The number of nitrogens with one attached hydrogen (secondary N) is 3. The average molecular weight is 531 g/mol. The Kier molecular flexibility index (Phi) is 19.8. The molecule has 38 heavy (non-hydrogen) atoms. The van der Waals surface area contributed by atoms with Crippen LogP contribution >= 0.6 is 0 Å². The quantitative estimate of drug-likeness (QED) is 0.0782. The molecule has 0 aromatic carbocycles. The van der Waals surface area contributed by atoms with Crippen molar-refractivity contribution in [3.05, 3.63) is 48.7 Å². The third-order valence-corrected chi connectivity index (χ3v) is 8.67. The summed E-state index contributed by atoms with van der Waals surface area (Å²) in [7, 11) is 2.21. The van der Waals surface area contributed by atoms with Crippen LogP contribution in [0, 0.1) is 5.41 Å². The number of hydrogen-bond acceptors (Lipinski definition) is 4. The Labute approximate surface area is 238 Å². The van der Waals surface area contributed by atoms with Gasteiger partial charge in [0.05, 0.1) is 0 Å². The van der Waals surface area contributed by atoms with Gasteiger partial charge >= 0.3 is 0 Å². The Morgan fingerprint density at radius 3 is 1.89 bits per heavy atom. The van der Waals surface area contributed by atoms with E-state index in [0.717, 1.165) is 89.9 Å². The molecule has 0 heterocycles. The molecule has 222 valence electrons. The molecule has 0 aromatic rings. The second-order valence-electron chi connectivity index (χ2n) is 12.2. The lowest BCUT2D eigenvalue weighted by Gasteiger charge is -2.33. The highest BCUT2D eigenvalue weighted by molar-refractivity contribution is 5.15. The summed E-state index contributed by atoms with van der Waals surface area (Å²) in [6.45, 7) is 36.8. The van der Waals surface area contributed by atoms with Gasteiger partial charge in [0.25, 0.3) is 0 Å². The van der Waals surface area contributed by atoms with E-state index in [0.29, 0.717) is 0 Å². The smallest absolute Gasteiger partial charge is 0.0360 e. The van der Waals surface area contributed by atoms with Crippen LogP contribution in [0.4, 0.5) is 0 Å². The zero-order chi connectivity index (χ0) is 29.0. The first-order valence-corrected chi connectivity index (χ1v) is 15.5. The molecule has 0 aliphatic carbocycles. The highest BCUT2D eigenvalue weighted by Gasteiger charge is 2.24. The van der Waals surface area contributed by atoms with Gasteiger partial charge in [0.1, 0.15) is 0 Å². The zero-order valence-electron chi connectivity index (χ0n) is 26.8. The number of unbranched alkanes of at least 4 members (excludes halogenated alkanes) is 3. The van der Waals surface area contributed by atoms with Crippen molar-refractivity contribution in [2.24, 2.45) is 5.41 Å². The maximum Gasteiger partial charge on any atom is 0.0360 e. The number of hydrogen-bond donors (Lipinski definition) is 3. The summed E-state index contributed by atoms with van der Waals surface area (Å²) in [5.74, 6) is 0. The van der Waals surface area contributed by atoms with Crippen LogP contribution in [0.5, 0.6) is 0 Å². The molecule has 0 saturated carbocycles. The predicted octanol–water partition coefficient (Wildman–Crippen LogP) is 8.01. The van der Waals surface area contributed by atoms with Gasteiger partial charge in [-0.25, -0.2) is 0 Å². The summed E-state index contributed by atoms with van der Waals surface area (Å²) in [6.07, 6.45) is 12.4. The summed E-state index contributed by atoms with van der Waals surface area (Å²) < 4.78 is 0. The van der Waals surface area contributed by atoms with Crippen LogP contribution < -0.4 is 16.0 Å². The van der Waals surface area contributed by atoms with Gasteiger partial charge in [-0.05, 0) is 90.3 Å². The fraction of sp³-hybridized carbons (Fsp3) is 0.765. The Hall–Kier alpha value is -1.36. The Balaban J connectivity index is 3.89. The zero-order valence-corrected chi connectivity index (χ0v) is 26.8. The van der Waals surface area contributed by atoms with Crippen molar-refractivity contribution >= 4 is 0 Å². The van der Waals surface area contributed by atoms with Crippen LogP contribution in [0.3, 0.4) is 0 Å². The van der Waals surface area contributed by atoms with E-state index in [2.05, 4.69) is 95.8 Å². The minimum atomic E-state index is 0.0284. The lowest BCUT2D eigenvalue weighted by molar-refractivity contribution is 0.321. The molecule has 0 aromatic heterocycles. The van der Waals surface area contributed by atoms with Gasteiger partial charge in [-0.1, -0.05) is 90.5 Å². The Bertz CT molecular complexity index is 693.